The number of aromatic nitrogens is 2. The molecule has 0 saturated carbocycles. The summed E-state index contributed by atoms with van der Waals surface area (Å²) >= 11 is 6.05. The highest BCUT2D eigenvalue weighted by molar-refractivity contribution is 6.31. The third kappa shape index (κ3) is 5.13. The summed E-state index contributed by atoms with van der Waals surface area (Å²) in [7, 11) is 0. The van der Waals surface area contributed by atoms with Crippen molar-refractivity contribution >= 4 is 17.5 Å². The third-order valence-electron chi connectivity index (χ3n) is 2.96. The molecule has 0 aromatic carbocycles. The number of ether oxygens (including phenoxy) is 1. The molecule has 0 aliphatic heterocycles. The van der Waals surface area contributed by atoms with Gasteiger partial charge >= 0.3 is 0 Å². The van der Waals surface area contributed by atoms with Gasteiger partial charge in [-0.15, -0.1) is 0 Å². The van der Waals surface area contributed by atoms with Crippen LogP contribution in [0.4, 0.5) is 5.95 Å². The number of hydrogen-bond donors (Lipinski definition) is 1. The quantitative estimate of drug-likeness (QED) is 0.799. The molecule has 0 bridgehead atoms. The summed E-state index contributed by atoms with van der Waals surface area (Å²) < 4.78 is 5.69. The molecule has 0 aliphatic carbocycles. The third-order valence-corrected chi connectivity index (χ3v) is 3.22. The summed E-state index contributed by atoms with van der Waals surface area (Å²) in [6.45, 7) is 12.9. The van der Waals surface area contributed by atoms with Crippen LogP contribution in [-0.2, 0) is 0 Å². The van der Waals surface area contributed by atoms with Gasteiger partial charge in [-0.2, -0.15) is 4.98 Å². The van der Waals surface area contributed by atoms with Crippen molar-refractivity contribution in [2.24, 2.45) is 0 Å². The van der Waals surface area contributed by atoms with Crippen molar-refractivity contribution in [2.75, 3.05) is 25.0 Å². The van der Waals surface area contributed by atoms with E-state index >= 15 is 0 Å². The molecule has 6 heteroatoms. The fraction of sp³-hybridized carbons (Fsp3) is 0.714. The molecule has 1 aromatic heterocycles. The van der Waals surface area contributed by atoms with Gasteiger partial charge in [0.2, 0.25) is 11.8 Å². The molecule has 20 heavy (non-hydrogen) atoms. The van der Waals surface area contributed by atoms with Crippen LogP contribution >= 0.6 is 11.6 Å². The van der Waals surface area contributed by atoms with E-state index in [9.17, 15) is 0 Å². The highest BCUT2D eigenvalue weighted by Crippen LogP contribution is 2.21. The van der Waals surface area contributed by atoms with Crippen LogP contribution in [0.2, 0.25) is 5.02 Å². The molecule has 1 heterocycles. The van der Waals surface area contributed by atoms with E-state index in [0.717, 1.165) is 13.1 Å². The predicted octanol–water partition coefficient (Wildman–Crippen LogP) is 3.06. The average molecular weight is 301 g/mol. The van der Waals surface area contributed by atoms with Crippen LogP contribution in [0.25, 0.3) is 0 Å². The summed E-state index contributed by atoms with van der Waals surface area (Å²) in [6, 6.07) is 0.966. The Labute approximate surface area is 126 Å². The number of halogens is 1. The normalized spacial score (nSPS) is 11.4. The van der Waals surface area contributed by atoms with Crippen LogP contribution in [0.15, 0.2) is 6.20 Å². The van der Waals surface area contributed by atoms with E-state index in [2.05, 4.69) is 47.9 Å². The first-order valence-electron chi connectivity index (χ1n) is 7.10. The zero-order valence-electron chi connectivity index (χ0n) is 13.0. The lowest BCUT2D eigenvalue weighted by molar-refractivity contribution is 0.140. The fourth-order valence-electron chi connectivity index (χ4n) is 2.06. The maximum atomic E-state index is 6.05. The largest absolute Gasteiger partial charge is 0.475 e. The van der Waals surface area contributed by atoms with Gasteiger partial charge in [-0.1, -0.05) is 11.6 Å². The Kier molecular flexibility index (Phi) is 7.02. The number of anilines is 1. The maximum absolute atomic E-state index is 6.05. The molecule has 0 amide bonds. The Balaban J connectivity index is 2.58. The molecule has 0 aliphatic rings. The number of hydrogen-bond acceptors (Lipinski definition) is 5. The first-order valence-corrected chi connectivity index (χ1v) is 7.48. The molecule has 1 N–H and O–H groups in total. The van der Waals surface area contributed by atoms with Crippen molar-refractivity contribution in [1.82, 2.24) is 14.9 Å². The number of nitrogens with one attached hydrogen (secondary N) is 1. The topological polar surface area (TPSA) is 50.3 Å². The van der Waals surface area contributed by atoms with Gasteiger partial charge in [0.05, 0.1) is 6.20 Å². The molecule has 0 radical (unpaired) electrons. The Morgan fingerprint density at radius 3 is 2.50 bits per heavy atom. The second kappa shape index (κ2) is 8.27. The van der Waals surface area contributed by atoms with Gasteiger partial charge < -0.3 is 10.1 Å². The van der Waals surface area contributed by atoms with E-state index in [-0.39, 0.29) is 0 Å². The fourth-order valence-corrected chi connectivity index (χ4v) is 2.20. The summed E-state index contributed by atoms with van der Waals surface area (Å²) in [5.41, 5.74) is 0. The zero-order chi connectivity index (χ0) is 15.1. The van der Waals surface area contributed by atoms with E-state index in [1.54, 1.807) is 6.20 Å². The van der Waals surface area contributed by atoms with E-state index < -0.39 is 0 Å². The van der Waals surface area contributed by atoms with Crippen LogP contribution in [0.1, 0.15) is 34.6 Å². The van der Waals surface area contributed by atoms with Crippen molar-refractivity contribution in [3.05, 3.63) is 11.2 Å². The van der Waals surface area contributed by atoms with E-state index in [4.69, 9.17) is 16.3 Å². The molecule has 1 aromatic rings. The van der Waals surface area contributed by atoms with Gasteiger partial charge in [0, 0.05) is 25.2 Å². The standard InChI is InChI=1S/C14H25ClN4O/c1-6-16-14-17-9-12(15)13(18-14)20-8-7-19(10(2)3)11(4)5/h9-11H,6-8H2,1-5H3,(H,16,17,18). The minimum absolute atomic E-state index is 0.435. The van der Waals surface area contributed by atoms with Crippen LogP contribution in [0.3, 0.4) is 0 Å². The van der Waals surface area contributed by atoms with Crippen LogP contribution in [0, 0.1) is 0 Å². The molecule has 0 atom stereocenters. The smallest absolute Gasteiger partial charge is 0.237 e. The summed E-state index contributed by atoms with van der Waals surface area (Å²) in [5, 5.41) is 3.48. The second-order valence-electron chi connectivity index (χ2n) is 5.15. The van der Waals surface area contributed by atoms with Crippen molar-refractivity contribution in [1.29, 1.82) is 0 Å². The van der Waals surface area contributed by atoms with E-state index in [1.807, 2.05) is 6.92 Å². The lowest BCUT2D eigenvalue weighted by Crippen LogP contribution is -2.39. The van der Waals surface area contributed by atoms with Gasteiger partial charge in [-0.3, -0.25) is 4.90 Å². The lowest BCUT2D eigenvalue weighted by Gasteiger charge is -2.30. The van der Waals surface area contributed by atoms with Crippen molar-refractivity contribution < 1.29 is 4.74 Å². The van der Waals surface area contributed by atoms with Crippen LogP contribution in [-0.4, -0.2) is 46.6 Å². The highest BCUT2D eigenvalue weighted by Gasteiger charge is 2.14. The van der Waals surface area contributed by atoms with Crippen LogP contribution in [0.5, 0.6) is 5.88 Å². The SMILES string of the molecule is CCNc1ncc(Cl)c(OCCN(C(C)C)C(C)C)n1. The van der Waals surface area contributed by atoms with Crippen molar-refractivity contribution in [2.45, 2.75) is 46.7 Å². The highest BCUT2D eigenvalue weighted by atomic mass is 35.5. The van der Waals surface area contributed by atoms with Crippen molar-refractivity contribution in [3.8, 4) is 5.88 Å². The van der Waals surface area contributed by atoms with E-state index in [1.165, 1.54) is 0 Å². The minimum atomic E-state index is 0.435. The molecule has 0 unspecified atom stereocenters. The number of rotatable bonds is 8. The second-order valence-corrected chi connectivity index (χ2v) is 5.56. The predicted molar refractivity (Wildman–Crippen MR) is 83.7 cm³/mol. The maximum Gasteiger partial charge on any atom is 0.237 e. The summed E-state index contributed by atoms with van der Waals surface area (Å²) in [5.74, 6) is 0.974. The Morgan fingerprint density at radius 1 is 1.30 bits per heavy atom. The van der Waals surface area contributed by atoms with Gasteiger partial charge in [-0.25, -0.2) is 4.98 Å². The first kappa shape index (κ1) is 17.0. The Bertz CT molecular complexity index is 404. The molecule has 114 valence electrons. The molecular weight excluding hydrogens is 276 g/mol. The zero-order valence-corrected chi connectivity index (χ0v) is 13.7. The lowest BCUT2D eigenvalue weighted by atomic mass is 10.2. The molecule has 0 fully saturated rings. The summed E-state index contributed by atoms with van der Waals surface area (Å²) in [4.78, 5) is 10.7. The minimum Gasteiger partial charge on any atom is -0.475 e. The van der Waals surface area contributed by atoms with Crippen LogP contribution < -0.4 is 10.1 Å². The summed E-state index contributed by atoms with van der Waals surface area (Å²) in [6.07, 6.45) is 1.56. The molecule has 0 saturated heterocycles. The van der Waals surface area contributed by atoms with Crippen molar-refractivity contribution in [3.63, 3.8) is 0 Å². The van der Waals surface area contributed by atoms with E-state index in [0.29, 0.717) is 35.5 Å². The monoisotopic (exact) mass is 300 g/mol. The van der Waals surface area contributed by atoms with Gasteiger partial charge in [0.15, 0.2) is 0 Å². The molecule has 0 spiro atoms. The number of nitrogens with zero attached hydrogens (tertiary/aromatic N) is 3. The molecule has 1 rings (SSSR count). The van der Waals surface area contributed by atoms with Gasteiger partial charge in [0.25, 0.3) is 0 Å². The Morgan fingerprint density at radius 2 is 1.95 bits per heavy atom. The Hall–Kier alpha value is -1.07. The molecular formula is C14H25ClN4O. The average Bonchev–Trinajstić information content (AvgIpc) is 2.37. The molecule has 5 nitrogen and oxygen atoms in total. The van der Waals surface area contributed by atoms with Gasteiger partial charge in [-0.05, 0) is 34.6 Å². The first-order chi connectivity index (χ1) is 9.45. The van der Waals surface area contributed by atoms with Gasteiger partial charge in [0.1, 0.15) is 11.6 Å².